The molecule has 6 nitrogen and oxygen atoms in total. The third kappa shape index (κ3) is 3.34. The summed E-state index contributed by atoms with van der Waals surface area (Å²) in [5, 5.41) is 12.2. The molecule has 108 valence electrons. The Kier molecular flexibility index (Phi) is 4.72. The standard InChI is InChI=1S/C12H16ClN5OS/c1-8(20(2)19)5-6-18-12(15-16-17-18)9-3-4-11(14)10(13)7-9/h3-4,7-8H,5-6,14H2,1-2H3. The van der Waals surface area contributed by atoms with E-state index in [1.807, 2.05) is 13.0 Å². The lowest BCUT2D eigenvalue weighted by Crippen LogP contribution is -2.14. The lowest BCUT2D eigenvalue weighted by Gasteiger charge is -2.09. The summed E-state index contributed by atoms with van der Waals surface area (Å²) in [6, 6.07) is 5.28. The smallest absolute Gasteiger partial charge is 0.182 e. The molecular weight excluding hydrogens is 298 g/mol. The molecular formula is C12H16ClN5OS. The molecule has 0 aliphatic heterocycles. The number of anilines is 1. The van der Waals surface area contributed by atoms with Crippen LogP contribution in [0.2, 0.25) is 5.02 Å². The van der Waals surface area contributed by atoms with Crippen LogP contribution in [-0.2, 0) is 17.3 Å². The summed E-state index contributed by atoms with van der Waals surface area (Å²) in [6.07, 6.45) is 2.44. The second-order valence-electron chi connectivity index (χ2n) is 4.56. The molecule has 0 amide bonds. The van der Waals surface area contributed by atoms with Crippen molar-refractivity contribution in [2.45, 2.75) is 25.1 Å². The van der Waals surface area contributed by atoms with Gasteiger partial charge in [-0.2, -0.15) is 0 Å². The zero-order valence-electron chi connectivity index (χ0n) is 11.3. The molecule has 2 rings (SSSR count). The second-order valence-corrected chi connectivity index (χ2v) is 6.77. The molecule has 8 heteroatoms. The van der Waals surface area contributed by atoms with E-state index in [4.69, 9.17) is 17.3 Å². The van der Waals surface area contributed by atoms with Crippen LogP contribution in [0, 0.1) is 0 Å². The topological polar surface area (TPSA) is 86.7 Å². The highest BCUT2D eigenvalue weighted by atomic mass is 35.5. The Morgan fingerprint density at radius 3 is 2.90 bits per heavy atom. The van der Waals surface area contributed by atoms with E-state index >= 15 is 0 Å². The Bertz CT molecular complexity index is 630. The molecule has 0 saturated carbocycles. The van der Waals surface area contributed by atoms with Gasteiger partial charge in [0, 0.05) is 34.4 Å². The van der Waals surface area contributed by atoms with Gasteiger partial charge in [-0.05, 0) is 35.0 Å². The van der Waals surface area contributed by atoms with Crippen molar-refractivity contribution in [3.05, 3.63) is 23.2 Å². The summed E-state index contributed by atoms with van der Waals surface area (Å²) in [7, 11) is -0.849. The molecule has 2 N–H and O–H groups in total. The summed E-state index contributed by atoms with van der Waals surface area (Å²) < 4.78 is 13.0. The minimum absolute atomic E-state index is 0.0991. The highest BCUT2D eigenvalue weighted by molar-refractivity contribution is 7.84. The van der Waals surface area contributed by atoms with E-state index in [0.29, 0.717) is 23.1 Å². The molecule has 1 heterocycles. The molecule has 0 spiro atoms. The molecule has 0 radical (unpaired) electrons. The van der Waals surface area contributed by atoms with Crippen molar-refractivity contribution < 1.29 is 4.21 Å². The van der Waals surface area contributed by atoms with Crippen LogP contribution in [0.3, 0.4) is 0 Å². The van der Waals surface area contributed by atoms with Gasteiger partial charge in [-0.25, -0.2) is 4.68 Å². The maximum Gasteiger partial charge on any atom is 0.182 e. The van der Waals surface area contributed by atoms with Crippen LogP contribution in [0.1, 0.15) is 13.3 Å². The fraction of sp³-hybridized carbons (Fsp3) is 0.417. The van der Waals surface area contributed by atoms with Gasteiger partial charge in [0.1, 0.15) is 0 Å². The molecule has 1 aromatic carbocycles. The summed E-state index contributed by atoms with van der Waals surface area (Å²) in [6.45, 7) is 2.55. The predicted octanol–water partition coefficient (Wildman–Crippen LogP) is 1.73. The summed E-state index contributed by atoms with van der Waals surface area (Å²) in [4.78, 5) is 0. The van der Waals surface area contributed by atoms with Crippen LogP contribution in [0.4, 0.5) is 5.69 Å². The van der Waals surface area contributed by atoms with Crippen molar-refractivity contribution in [2.75, 3.05) is 12.0 Å². The van der Waals surface area contributed by atoms with Gasteiger partial charge >= 0.3 is 0 Å². The Morgan fingerprint density at radius 2 is 2.25 bits per heavy atom. The van der Waals surface area contributed by atoms with Crippen molar-refractivity contribution in [2.24, 2.45) is 0 Å². The summed E-state index contributed by atoms with van der Waals surface area (Å²) in [5.41, 5.74) is 7.01. The fourth-order valence-corrected chi connectivity index (χ4v) is 2.32. The third-order valence-corrected chi connectivity index (χ3v) is 4.80. The SMILES string of the molecule is CC(CCn1nnnc1-c1ccc(N)c(Cl)c1)S(C)=O. The van der Waals surface area contributed by atoms with Gasteiger partial charge in [0.2, 0.25) is 0 Å². The van der Waals surface area contributed by atoms with Crippen LogP contribution in [0.15, 0.2) is 18.2 Å². The lowest BCUT2D eigenvalue weighted by atomic mass is 10.2. The van der Waals surface area contributed by atoms with E-state index in [-0.39, 0.29) is 5.25 Å². The first-order valence-corrected chi connectivity index (χ1v) is 8.12. The Hall–Kier alpha value is -1.47. The average molecular weight is 314 g/mol. The predicted molar refractivity (Wildman–Crippen MR) is 80.8 cm³/mol. The number of halogens is 1. The van der Waals surface area contributed by atoms with Crippen LogP contribution in [-0.4, -0.2) is 35.9 Å². The van der Waals surface area contributed by atoms with E-state index < -0.39 is 10.8 Å². The van der Waals surface area contributed by atoms with Crippen molar-refractivity contribution in [3.63, 3.8) is 0 Å². The normalized spacial score (nSPS) is 14.2. The highest BCUT2D eigenvalue weighted by Gasteiger charge is 2.12. The number of hydrogen-bond acceptors (Lipinski definition) is 5. The molecule has 0 aliphatic carbocycles. The van der Waals surface area contributed by atoms with E-state index in [2.05, 4.69) is 15.5 Å². The Morgan fingerprint density at radius 1 is 1.50 bits per heavy atom. The number of benzene rings is 1. The zero-order chi connectivity index (χ0) is 14.7. The van der Waals surface area contributed by atoms with Crippen LogP contribution in [0.5, 0.6) is 0 Å². The molecule has 1 aromatic heterocycles. The molecule has 0 fully saturated rings. The number of aryl methyl sites for hydroxylation is 1. The van der Waals surface area contributed by atoms with Gasteiger partial charge in [-0.1, -0.05) is 18.5 Å². The number of tetrazole rings is 1. The third-order valence-electron chi connectivity index (χ3n) is 3.10. The number of hydrogen-bond donors (Lipinski definition) is 1. The Labute approximate surface area is 124 Å². The first-order valence-electron chi connectivity index (χ1n) is 6.13. The van der Waals surface area contributed by atoms with E-state index in [1.54, 1.807) is 23.1 Å². The van der Waals surface area contributed by atoms with Crippen LogP contribution >= 0.6 is 11.6 Å². The summed E-state index contributed by atoms with van der Waals surface area (Å²) >= 11 is 6.01. The lowest BCUT2D eigenvalue weighted by molar-refractivity contribution is 0.556. The number of nitrogens with two attached hydrogens (primary N) is 1. The first-order chi connectivity index (χ1) is 9.49. The molecule has 0 bridgehead atoms. The first kappa shape index (κ1) is 14.9. The van der Waals surface area contributed by atoms with Crippen molar-refractivity contribution in [1.29, 1.82) is 0 Å². The average Bonchev–Trinajstić information content (AvgIpc) is 2.87. The molecule has 20 heavy (non-hydrogen) atoms. The van der Waals surface area contributed by atoms with Gasteiger partial charge in [0.05, 0.1) is 10.7 Å². The quantitative estimate of drug-likeness (QED) is 0.849. The van der Waals surface area contributed by atoms with Gasteiger partial charge in [0.15, 0.2) is 5.82 Å². The maximum absolute atomic E-state index is 11.4. The maximum atomic E-state index is 11.4. The molecule has 0 saturated heterocycles. The molecule has 2 atom stereocenters. The van der Waals surface area contributed by atoms with E-state index in [1.165, 1.54) is 0 Å². The van der Waals surface area contributed by atoms with Gasteiger partial charge in [-0.15, -0.1) is 5.10 Å². The number of rotatable bonds is 5. The van der Waals surface area contributed by atoms with Gasteiger partial charge in [-0.3, -0.25) is 4.21 Å². The number of nitrogens with zero attached hydrogens (tertiary/aromatic N) is 4. The monoisotopic (exact) mass is 313 g/mol. The largest absolute Gasteiger partial charge is 0.398 e. The molecule has 2 aromatic rings. The number of aromatic nitrogens is 4. The number of nitrogen functional groups attached to an aromatic ring is 1. The fourth-order valence-electron chi connectivity index (χ4n) is 1.70. The van der Waals surface area contributed by atoms with Crippen molar-refractivity contribution in [3.8, 4) is 11.4 Å². The zero-order valence-corrected chi connectivity index (χ0v) is 12.9. The van der Waals surface area contributed by atoms with Crippen molar-refractivity contribution in [1.82, 2.24) is 20.2 Å². The minimum Gasteiger partial charge on any atom is -0.398 e. The highest BCUT2D eigenvalue weighted by Crippen LogP contribution is 2.25. The van der Waals surface area contributed by atoms with Crippen molar-refractivity contribution >= 4 is 28.1 Å². The van der Waals surface area contributed by atoms with Crippen LogP contribution < -0.4 is 5.73 Å². The van der Waals surface area contributed by atoms with Crippen LogP contribution in [0.25, 0.3) is 11.4 Å². The van der Waals surface area contributed by atoms with E-state index in [0.717, 1.165) is 12.0 Å². The van der Waals surface area contributed by atoms with E-state index in [9.17, 15) is 4.21 Å². The molecule has 2 unspecified atom stereocenters. The summed E-state index contributed by atoms with van der Waals surface area (Å²) in [5.74, 6) is 0.626. The minimum atomic E-state index is -0.849. The van der Waals surface area contributed by atoms with Gasteiger partial charge in [0.25, 0.3) is 0 Å². The van der Waals surface area contributed by atoms with Gasteiger partial charge < -0.3 is 5.73 Å². The molecule has 0 aliphatic rings. The Balaban J connectivity index is 2.19. The second kappa shape index (κ2) is 6.32.